The molecule has 1 aliphatic heterocycles. The van der Waals surface area contributed by atoms with Crippen LogP contribution in [0.25, 0.3) is 11.5 Å². The van der Waals surface area contributed by atoms with Crippen LogP contribution in [0.4, 0.5) is 0 Å². The minimum atomic E-state index is 0.227. The predicted octanol–water partition coefficient (Wildman–Crippen LogP) is 5.32. The third-order valence-corrected chi connectivity index (χ3v) is 5.70. The maximum absolute atomic E-state index is 5.80. The zero-order valence-corrected chi connectivity index (χ0v) is 18.3. The Labute approximate surface area is 180 Å². The largest absolute Gasteiger partial charge is 0.490 e. The summed E-state index contributed by atoms with van der Waals surface area (Å²) in [4.78, 5) is 0. The Morgan fingerprint density at radius 3 is 2.55 bits per heavy atom. The van der Waals surface area contributed by atoms with Crippen molar-refractivity contribution in [1.82, 2.24) is 10.2 Å². The van der Waals surface area contributed by atoms with Crippen LogP contribution in [0.1, 0.15) is 19.4 Å². The third-order valence-electron chi connectivity index (χ3n) is 4.09. The topological polar surface area (TPSA) is 75.8 Å². The lowest BCUT2D eigenvalue weighted by Crippen LogP contribution is -1.99. The molecule has 0 spiro atoms. The summed E-state index contributed by atoms with van der Waals surface area (Å²) in [6.07, 6.45) is 0. The van der Waals surface area contributed by atoms with Gasteiger partial charge in [-0.1, -0.05) is 27.7 Å². The second-order valence-electron chi connectivity index (χ2n) is 5.99. The number of hydrogen-bond donors (Lipinski definition) is 0. The van der Waals surface area contributed by atoms with E-state index in [1.54, 1.807) is 0 Å². The maximum atomic E-state index is 5.80. The molecule has 152 valence electrons. The monoisotopic (exact) mass is 478 g/mol. The van der Waals surface area contributed by atoms with Crippen molar-refractivity contribution in [2.75, 3.05) is 20.0 Å². The second-order valence-corrected chi connectivity index (χ2v) is 7.77. The van der Waals surface area contributed by atoms with Crippen molar-refractivity contribution in [3.8, 4) is 34.5 Å². The molecule has 7 nitrogen and oxygen atoms in total. The number of thioether (sulfide) groups is 1. The zero-order chi connectivity index (χ0) is 20.2. The molecule has 1 aromatic heterocycles. The van der Waals surface area contributed by atoms with Crippen molar-refractivity contribution in [2.24, 2.45) is 0 Å². The fraction of sp³-hybridized carbons (Fsp3) is 0.300. The first-order valence-corrected chi connectivity index (χ1v) is 10.9. The smallest absolute Gasteiger partial charge is 0.277 e. The number of aromatic nitrogens is 2. The summed E-state index contributed by atoms with van der Waals surface area (Å²) in [5, 5.41) is 8.76. The number of fused-ring (bicyclic) bond motifs is 1. The number of ether oxygens (including phenoxy) is 4. The molecule has 3 aromatic rings. The zero-order valence-electron chi connectivity index (χ0n) is 15.9. The molecule has 1 aliphatic rings. The lowest BCUT2D eigenvalue weighted by Gasteiger charge is -2.13. The molecule has 4 rings (SSSR count). The Morgan fingerprint density at radius 1 is 1.00 bits per heavy atom. The van der Waals surface area contributed by atoms with E-state index in [4.69, 9.17) is 23.4 Å². The van der Waals surface area contributed by atoms with Crippen molar-refractivity contribution < 1.29 is 23.4 Å². The van der Waals surface area contributed by atoms with Crippen LogP contribution in [0.15, 0.2) is 44.4 Å². The number of hydrogen-bond acceptors (Lipinski definition) is 8. The van der Waals surface area contributed by atoms with Crippen molar-refractivity contribution >= 4 is 27.7 Å². The molecule has 0 N–H and O–H groups in total. The van der Waals surface area contributed by atoms with Crippen LogP contribution in [0.2, 0.25) is 0 Å². The van der Waals surface area contributed by atoms with E-state index in [9.17, 15) is 0 Å². The van der Waals surface area contributed by atoms with Crippen LogP contribution >= 0.6 is 27.7 Å². The van der Waals surface area contributed by atoms with E-state index in [1.807, 2.05) is 44.2 Å². The highest BCUT2D eigenvalue weighted by atomic mass is 79.9. The van der Waals surface area contributed by atoms with Gasteiger partial charge in [-0.3, -0.25) is 0 Å². The summed E-state index contributed by atoms with van der Waals surface area (Å²) < 4.78 is 28.8. The van der Waals surface area contributed by atoms with Gasteiger partial charge in [-0.15, -0.1) is 10.2 Å². The van der Waals surface area contributed by atoms with Crippen molar-refractivity contribution in [3.63, 3.8) is 0 Å². The van der Waals surface area contributed by atoms with Gasteiger partial charge in [-0.05, 0) is 49.7 Å². The van der Waals surface area contributed by atoms with Gasteiger partial charge < -0.3 is 23.4 Å². The quantitative estimate of drug-likeness (QED) is 0.402. The highest BCUT2D eigenvalue weighted by Gasteiger charge is 2.17. The van der Waals surface area contributed by atoms with Gasteiger partial charge in [0.25, 0.3) is 5.22 Å². The first kappa shape index (κ1) is 19.9. The van der Waals surface area contributed by atoms with Gasteiger partial charge in [0, 0.05) is 15.8 Å². The van der Waals surface area contributed by atoms with Gasteiger partial charge in [0.1, 0.15) is 0 Å². The first-order chi connectivity index (χ1) is 14.2. The Bertz CT molecular complexity index is 1010. The van der Waals surface area contributed by atoms with Crippen LogP contribution in [0.3, 0.4) is 0 Å². The summed E-state index contributed by atoms with van der Waals surface area (Å²) >= 11 is 5.06. The van der Waals surface area contributed by atoms with Crippen molar-refractivity contribution in [1.29, 1.82) is 0 Å². The summed E-state index contributed by atoms with van der Waals surface area (Å²) in [6.45, 7) is 5.26. The van der Waals surface area contributed by atoms with Crippen LogP contribution in [0, 0.1) is 0 Å². The van der Waals surface area contributed by atoms with E-state index >= 15 is 0 Å². The summed E-state index contributed by atoms with van der Waals surface area (Å²) in [5.41, 5.74) is 1.83. The van der Waals surface area contributed by atoms with Gasteiger partial charge in [0.15, 0.2) is 23.0 Å². The molecule has 0 saturated carbocycles. The number of rotatable bonds is 8. The minimum absolute atomic E-state index is 0.227. The Morgan fingerprint density at radius 2 is 1.76 bits per heavy atom. The molecule has 2 heterocycles. The molecule has 9 heteroatoms. The SMILES string of the molecule is CCOc1cc(Br)c(CSc2nnc(-c3ccc4c(c3)OCO4)o2)cc1OCC. The van der Waals surface area contributed by atoms with Crippen LogP contribution in [0.5, 0.6) is 23.0 Å². The van der Waals surface area contributed by atoms with Crippen molar-refractivity contribution in [2.45, 2.75) is 24.8 Å². The molecule has 0 bridgehead atoms. The van der Waals surface area contributed by atoms with Gasteiger partial charge in [-0.25, -0.2) is 0 Å². The molecule has 0 radical (unpaired) electrons. The Kier molecular flexibility index (Phi) is 6.15. The molecule has 0 unspecified atom stereocenters. The Hall–Kier alpha value is -2.39. The molecule has 0 atom stereocenters. The predicted molar refractivity (Wildman–Crippen MR) is 112 cm³/mol. The first-order valence-electron chi connectivity index (χ1n) is 9.12. The average Bonchev–Trinajstić information content (AvgIpc) is 3.38. The number of halogens is 1. The summed E-state index contributed by atoms with van der Waals surface area (Å²) in [6, 6.07) is 9.44. The molecular weight excluding hydrogens is 460 g/mol. The van der Waals surface area contributed by atoms with E-state index in [2.05, 4.69) is 26.1 Å². The summed E-state index contributed by atoms with van der Waals surface area (Å²) in [7, 11) is 0. The lowest BCUT2D eigenvalue weighted by atomic mass is 10.2. The molecule has 0 aliphatic carbocycles. The van der Waals surface area contributed by atoms with E-state index < -0.39 is 0 Å². The van der Waals surface area contributed by atoms with Gasteiger partial charge in [-0.2, -0.15) is 0 Å². The highest BCUT2D eigenvalue weighted by Crippen LogP contribution is 2.38. The van der Waals surface area contributed by atoms with Crippen molar-refractivity contribution in [3.05, 3.63) is 40.4 Å². The fourth-order valence-electron chi connectivity index (χ4n) is 2.78. The molecule has 0 amide bonds. The number of nitrogens with zero attached hydrogens (tertiary/aromatic N) is 2. The Balaban J connectivity index is 1.48. The van der Waals surface area contributed by atoms with E-state index in [0.717, 1.165) is 27.1 Å². The average molecular weight is 479 g/mol. The molecule has 2 aromatic carbocycles. The van der Waals surface area contributed by atoms with Gasteiger partial charge in [0.2, 0.25) is 12.7 Å². The van der Waals surface area contributed by atoms with Gasteiger partial charge in [0.05, 0.1) is 13.2 Å². The third kappa shape index (κ3) is 4.45. The van der Waals surface area contributed by atoms with Crippen LogP contribution in [-0.4, -0.2) is 30.2 Å². The number of benzene rings is 2. The molecule has 0 fully saturated rings. The summed E-state index contributed by atoms with van der Waals surface area (Å²) in [5.74, 6) is 3.91. The fourth-order valence-corrected chi connectivity index (χ4v) is 4.18. The van der Waals surface area contributed by atoms with Crippen LogP contribution < -0.4 is 18.9 Å². The lowest BCUT2D eigenvalue weighted by molar-refractivity contribution is 0.174. The standard InChI is InChI=1S/C20H19BrN2O5S/c1-3-24-17-8-13(14(21)9-18(17)25-4-2)10-29-20-23-22-19(28-20)12-5-6-15-16(7-12)27-11-26-15/h5-9H,3-4,10-11H2,1-2H3. The maximum Gasteiger partial charge on any atom is 0.277 e. The van der Waals surface area contributed by atoms with Gasteiger partial charge >= 0.3 is 0 Å². The van der Waals surface area contributed by atoms with E-state index in [1.165, 1.54) is 11.8 Å². The highest BCUT2D eigenvalue weighted by molar-refractivity contribution is 9.10. The second kappa shape index (κ2) is 8.96. The normalized spacial score (nSPS) is 12.2. The minimum Gasteiger partial charge on any atom is -0.490 e. The molecular formula is C20H19BrN2O5S. The van der Waals surface area contributed by atoms with E-state index in [-0.39, 0.29) is 6.79 Å². The van der Waals surface area contributed by atoms with E-state index in [0.29, 0.717) is 41.6 Å². The molecule has 0 saturated heterocycles. The molecule has 29 heavy (non-hydrogen) atoms. The van der Waals surface area contributed by atoms with Crippen LogP contribution in [-0.2, 0) is 5.75 Å².